The number of hydrogen-bond donors (Lipinski definition) is 1. The third-order valence-electron chi connectivity index (χ3n) is 3.05. The summed E-state index contributed by atoms with van der Waals surface area (Å²) < 4.78 is 5.33. The fourth-order valence-electron chi connectivity index (χ4n) is 2.04. The van der Waals surface area contributed by atoms with E-state index in [1.165, 1.54) is 26.2 Å². The van der Waals surface area contributed by atoms with E-state index in [-0.39, 0.29) is 12.4 Å². The molecule has 0 saturated carbocycles. The van der Waals surface area contributed by atoms with Gasteiger partial charge in [0.1, 0.15) is 0 Å². The second kappa shape index (κ2) is 7.41. The molecule has 0 aromatic carbocycles. The molecule has 0 bridgehead atoms. The number of rotatable bonds is 3. The fraction of sp³-hybridized carbons (Fsp3) is 1.00. The van der Waals surface area contributed by atoms with Crippen LogP contribution in [0.3, 0.4) is 0 Å². The Kier molecular flexibility index (Phi) is 6.52. The van der Waals surface area contributed by atoms with Crippen molar-refractivity contribution in [1.82, 2.24) is 15.1 Å². The molecule has 0 unspecified atom stereocenters. The lowest BCUT2D eigenvalue weighted by molar-refractivity contribution is 0.0328. The number of halogens is 1. The highest BCUT2D eigenvalue weighted by Gasteiger charge is 2.13. The molecule has 4 nitrogen and oxygen atoms in total. The van der Waals surface area contributed by atoms with E-state index in [2.05, 4.69) is 15.1 Å². The van der Waals surface area contributed by atoms with Crippen molar-refractivity contribution < 1.29 is 4.74 Å². The molecule has 0 amide bonds. The Bertz CT molecular complexity index is 141. The van der Waals surface area contributed by atoms with Gasteiger partial charge in [-0.2, -0.15) is 0 Å². The van der Waals surface area contributed by atoms with Crippen molar-refractivity contribution in [3.05, 3.63) is 0 Å². The molecule has 2 fully saturated rings. The molecule has 5 heteroatoms. The number of nitrogens with one attached hydrogen (secondary N) is 1. The minimum absolute atomic E-state index is 0. The Balaban J connectivity index is 0.00000112. The van der Waals surface area contributed by atoms with Crippen LogP contribution in [0.5, 0.6) is 0 Å². The highest BCUT2D eigenvalue weighted by atomic mass is 35.5. The van der Waals surface area contributed by atoms with E-state index in [1.807, 2.05) is 0 Å². The van der Waals surface area contributed by atoms with Gasteiger partial charge in [-0.3, -0.25) is 9.80 Å². The zero-order chi connectivity index (χ0) is 9.64. The maximum Gasteiger partial charge on any atom is 0.0594 e. The monoisotopic (exact) mass is 235 g/mol. The van der Waals surface area contributed by atoms with Gasteiger partial charge in [0.25, 0.3) is 0 Å². The SMILES string of the molecule is C1CN(CCN2CCOCC2)CCN1.Cl. The Hall–Kier alpha value is 0.130. The number of morpholine rings is 1. The van der Waals surface area contributed by atoms with Crippen molar-refractivity contribution in [1.29, 1.82) is 0 Å². The molecule has 0 spiro atoms. The Labute approximate surface area is 98.3 Å². The van der Waals surface area contributed by atoms with Crippen LogP contribution >= 0.6 is 12.4 Å². The summed E-state index contributed by atoms with van der Waals surface area (Å²) in [5.41, 5.74) is 0. The molecule has 0 aromatic rings. The van der Waals surface area contributed by atoms with Crippen LogP contribution in [0.15, 0.2) is 0 Å². The summed E-state index contributed by atoms with van der Waals surface area (Å²) in [4.78, 5) is 5.05. The van der Waals surface area contributed by atoms with Crippen molar-refractivity contribution in [3.8, 4) is 0 Å². The number of nitrogens with zero attached hydrogens (tertiary/aromatic N) is 2. The van der Waals surface area contributed by atoms with Gasteiger partial charge in [0, 0.05) is 52.4 Å². The first-order valence-corrected chi connectivity index (χ1v) is 5.68. The maximum absolute atomic E-state index is 5.33. The first kappa shape index (κ1) is 13.2. The van der Waals surface area contributed by atoms with Crippen LogP contribution in [-0.2, 0) is 4.74 Å². The van der Waals surface area contributed by atoms with Gasteiger partial charge >= 0.3 is 0 Å². The van der Waals surface area contributed by atoms with Crippen LogP contribution in [0.1, 0.15) is 0 Å². The Morgan fingerprint density at radius 2 is 1.40 bits per heavy atom. The second-order valence-electron chi connectivity index (χ2n) is 4.05. The minimum atomic E-state index is 0. The van der Waals surface area contributed by atoms with Crippen molar-refractivity contribution in [3.63, 3.8) is 0 Å². The molecule has 0 radical (unpaired) electrons. The summed E-state index contributed by atoms with van der Waals surface area (Å²) in [6, 6.07) is 0. The molecule has 1 N–H and O–H groups in total. The van der Waals surface area contributed by atoms with Gasteiger partial charge in [0.15, 0.2) is 0 Å². The molecule has 15 heavy (non-hydrogen) atoms. The number of piperazine rings is 1. The van der Waals surface area contributed by atoms with E-state index in [1.54, 1.807) is 0 Å². The quantitative estimate of drug-likeness (QED) is 0.724. The average Bonchev–Trinajstić information content (AvgIpc) is 2.29. The van der Waals surface area contributed by atoms with Crippen LogP contribution in [0.25, 0.3) is 0 Å². The molecule has 2 saturated heterocycles. The first-order chi connectivity index (χ1) is 6.95. The molecule has 0 aromatic heterocycles. The topological polar surface area (TPSA) is 27.7 Å². The summed E-state index contributed by atoms with van der Waals surface area (Å²) in [7, 11) is 0. The standard InChI is InChI=1S/C10H21N3O.ClH/c1-3-12(4-2-11-1)5-6-13-7-9-14-10-8-13;/h11H,1-10H2;1H. The van der Waals surface area contributed by atoms with Crippen LogP contribution in [0.4, 0.5) is 0 Å². The van der Waals surface area contributed by atoms with Crippen molar-refractivity contribution in [2.45, 2.75) is 0 Å². The van der Waals surface area contributed by atoms with Gasteiger partial charge in [-0.25, -0.2) is 0 Å². The Morgan fingerprint density at radius 3 is 2.00 bits per heavy atom. The molecule has 0 atom stereocenters. The lowest BCUT2D eigenvalue weighted by atomic mass is 10.3. The van der Waals surface area contributed by atoms with Crippen LogP contribution in [-0.4, -0.2) is 75.4 Å². The first-order valence-electron chi connectivity index (χ1n) is 5.68. The van der Waals surface area contributed by atoms with E-state index in [0.717, 1.165) is 39.4 Å². The summed E-state index contributed by atoms with van der Waals surface area (Å²) in [5.74, 6) is 0. The van der Waals surface area contributed by atoms with E-state index in [9.17, 15) is 0 Å². The van der Waals surface area contributed by atoms with Crippen LogP contribution in [0.2, 0.25) is 0 Å². The lowest BCUT2D eigenvalue weighted by Crippen LogP contribution is -2.47. The summed E-state index contributed by atoms with van der Waals surface area (Å²) >= 11 is 0. The van der Waals surface area contributed by atoms with E-state index in [4.69, 9.17) is 4.74 Å². The smallest absolute Gasteiger partial charge is 0.0594 e. The van der Waals surface area contributed by atoms with Crippen molar-refractivity contribution >= 4 is 12.4 Å². The third-order valence-corrected chi connectivity index (χ3v) is 3.05. The molecule has 2 aliphatic rings. The van der Waals surface area contributed by atoms with Crippen molar-refractivity contribution in [2.24, 2.45) is 0 Å². The van der Waals surface area contributed by atoms with Crippen molar-refractivity contribution in [2.75, 3.05) is 65.6 Å². The van der Waals surface area contributed by atoms with Gasteiger partial charge in [-0.1, -0.05) is 0 Å². The second-order valence-corrected chi connectivity index (χ2v) is 4.05. The molecule has 2 aliphatic heterocycles. The van der Waals surface area contributed by atoms with E-state index < -0.39 is 0 Å². The summed E-state index contributed by atoms with van der Waals surface area (Å²) in [6.45, 7) is 11.2. The minimum Gasteiger partial charge on any atom is -0.379 e. The fourth-order valence-corrected chi connectivity index (χ4v) is 2.04. The van der Waals surface area contributed by atoms with Gasteiger partial charge in [0.2, 0.25) is 0 Å². The molecular weight excluding hydrogens is 214 g/mol. The van der Waals surface area contributed by atoms with Gasteiger partial charge < -0.3 is 10.1 Å². The molecule has 0 aliphatic carbocycles. The maximum atomic E-state index is 5.33. The molecule has 2 rings (SSSR count). The van der Waals surface area contributed by atoms with E-state index in [0.29, 0.717) is 0 Å². The lowest BCUT2D eigenvalue weighted by Gasteiger charge is -2.31. The average molecular weight is 236 g/mol. The molecule has 2 heterocycles. The van der Waals surface area contributed by atoms with Crippen LogP contribution < -0.4 is 5.32 Å². The van der Waals surface area contributed by atoms with Gasteiger partial charge in [-0.15, -0.1) is 12.4 Å². The third kappa shape index (κ3) is 4.66. The number of hydrogen-bond acceptors (Lipinski definition) is 4. The van der Waals surface area contributed by atoms with Gasteiger partial charge in [-0.05, 0) is 0 Å². The summed E-state index contributed by atoms with van der Waals surface area (Å²) in [6.07, 6.45) is 0. The molecule has 90 valence electrons. The Morgan fingerprint density at radius 1 is 0.867 bits per heavy atom. The zero-order valence-corrected chi connectivity index (χ0v) is 10.1. The van der Waals surface area contributed by atoms with Gasteiger partial charge in [0.05, 0.1) is 13.2 Å². The van der Waals surface area contributed by atoms with Crippen LogP contribution in [0, 0.1) is 0 Å². The normalized spacial score (nSPS) is 24.8. The zero-order valence-electron chi connectivity index (χ0n) is 9.28. The summed E-state index contributed by atoms with van der Waals surface area (Å²) in [5, 5.41) is 3.38. The highest BCUT2D eigenvalue weighted by molar-refractivity contribution is 5.85. The van der Waals surface area contributed by atoms with E-state index >= 15 is 0 Å². The molecular formula is C10H22ClN3O. The largest absolute Gasteiger partial charge is 0.379 e. The predicted octanol–water partition coefficient (Wildman–Crippen LogP) is -0.354. The highest BCUT2D eigenvalue weighted by Crippen LogP contribution is 1.98. The predicted molar refractivity (Wildman–Crippen MR) is 63.8 cm³/mol. The number of ether oxygens (including phenoxy) is 1.